The first kappa shape index (κ1) is 28.5. The molecule has 2 aliphatic heterocycles. The van der Waals surface area contributed by atoms with Crippen LogP contribution in [0.3, 0.4) is 0 Å². The number of benzene rings is 1. The summed E-state index contributed by atoms with van der Waals surface area (Å²) >= 11 is 0. The van der Waals surface area contributed by atoms with Crippen molar-refractivity contribution in [2.75, 3.05) is 0 Å². The fourth-order valence-corrected chi connectivity index (χ4v) is 9.16. The zero-order chi connectivity index (χ0) is 29.9. The molecule has 0 spiro atoms. The number of hydrogen-bond acceptors (Lipinski definition) is 5. The highest BCUT2D eigenvalue weighted by molar-refractivity contribution is 5.78. The summed E-state index contributed by atoms with van der Waals surface area (Å²) in [5.74, 6) is 0.798. The van der Waals surface area contributed by atoms with Crippen LogP contribution in [-0.4, -0.2) is 48.2 Å². The van der Waals surface area contributed by atoms with E-state index in [9.17, 15) is 19.5 Å². The minimum Gasteiger partial charge on any atom is -0.481 e. The van der Waals surface area contributed by atoms with Crippen molar-refractivity contribution in [3.05, 3.63) is 63.3 Å². The van der Waals surface area contributed by atoms with Gasteiger partial charge in [0.15, 0.2) is 0 Å². The molecule has 2 saturated heterocycles. The molecule has 2 saturated carbocycles. The summed E-state index contributed by atoms with van der Waals surface area (Å²) in [6.45, 7) is 3.19. The molecular weight excluding hydrogens is 540 g/mol. The number of carboxylic acid groups (broad SMARTS) is 1. The summed E-state index contributed by atoms with van der Waals surface area (Å²) in [6, 6.07) is 12.8. The number of piperidine rings is 2. The topological polar surface area (TPSA) is 97.4 Å². The van der Waals surface area contributed by atoms with E-state index in [-0.39, 0.29) is 29.4 Å². The number of aromatic nitrogens is 3. The van der Waals surface area contributed by atoms with Gasteiger partial charge in [0.05, 0.1) is 22.0 Å². The molecule has 0 unspecified atom stereocenters. The molecule has 4 bridgehead atoms. The number of rotatable bonds is 6. The first-order valence-electron chi connectivity index (χ1n) is 16.4. The number of nitrogens with zero attached hydrogens (tertiary/aromatic N) is 4. The fraction of sp³-hybridized carbons (Fsp3) is 0.600. The van der Waals surface area contributed by atoms with Crippen LogP contribution in [0, 0.1) is 17.3 Å². The molecule has 2 aromatic heterocycles. The van der Waals surface area contributed by atoms with Gasteiger partial charge < -0.3 is 14.2 Å². The van der Waals surface area contributed by atoms with E-state index >= 15 is 0 Å². The van der Waals surface area contributed by atoms with E-state index in [1.54, 1.807) is 32.2 Å². The summed E-state index contributed by atoms with van der Waals surface area (Å²) in [4.78, 5) is 47.5. The lowest BCUT2D eigenvalue weighted by Crippen LogP contribution is -2.58. The number of carboxylic acids is 1. The summed E-state index contributed by atoms with van der Waals surface area (Å²) in [7, 11) is 0. The number of para-hydroxylation sites is 2. The largest absolute Gasteiger partial charge is 0.481 e. The minimum atomic E-state index is -1.14. The van der Waals surface area contributed by atoms with E-state index in [0.717, 1.165) is 30.2 Å². The summed E-state index contributed by atoms with van der Waals surface area (Å²) in [6.07, 6.45) is 15.4. The third-order valence-corrected chi connectivity index (χ3v) is 11.1. The van der Waals surface area contributed by atoms with Gasteiger partial charge in [-0.3, -0.25) is 19.3 Å². The predicted octanol–water partition coefficient (Wildman–Crippen LogP) is 5.86. The van der Waals surface area contributed by atoms with Crippen molar-refractivity contribution in [1.29, 1.82) is 0 Å². The van der Waals surface area contributed by atoms with Crippen molar-refractivity contribution in [3.63, 3.8) is 0 Å². The predicted molar refractivity (Wildman–Crippen MR) is 167 cm³/mol. The van der Waals surface area contributed by atoms with Gasteiger partial charge in [-0.1, -0.05) is 37.8 Å². The molecule has 3 aromatic rings. The average Bonchev–Trinajstić information content (AvgIpc) is 2.97. The van der Waals surface area contributed by atoms with E-state index in [0.29, 0.717) is 23.6 Å². The first-order chi connectivity index (χ1) is 20.7. The third-order valence-electron chi connectivity index (χ3n) is 11.1. The molecule has 1 N–H and O–H groups in total. The average molecular weight is 585 g/mol. The van der Waals surface area contributed by atoms with Gasteiger partial charge in [-0.15, -0.1) is 0 Å². The summed E-state index contributed by atoms with van der Waals surface area (Å²) < 4.78 is 3.35. The maximum atomic E-state index is 14.4. The van der Waals surface area contributed by atoms with E-state index in [1.807, 2.05) is 28.8 Å². The normalized spacial score (nSPS) is 29.4. The van der Waals surface area contributed by atoms with Gasteiger partial charge in [0.25, 0.3) is 11.1 Å². The Bertz CT molecular complexity index is 1630. The molecule has 4 aliphatic rings. The molecule has 0 radical (unpaired) electrons. The van der Waals surface area contributed by atoms with Gasteiger partial charge in [-0.2, -0.15) is 0 Å². The van der Waals surface area contributed by atoms with Crippen molar-refractivity contribution >= 4 is 17.0 Å². The Morgan fingerprint density at radius 2 is 1.51 bits per heavy atom. The van der Waals surface area contributed by atoms with Crippen LogP contribution in [0.2, 0.25) is 0 Å². The Hall–Kier alpha value is -3.26. The second-order valence-corrected chi connectivity index (χ2v) is 14.5. The maximum Gasteiger partial charge on any atom is 0.310 e. The number of fused-ring (bicyclic) bond motifs is 5. The van der Waals surface area contributed by atoms with Crippen molar-refractivity contribution < 1.29 is 9.90 Å². The standard InChI is InChI=1S/C35H44N4O4/c1-35(2,34(42)43)21-37-15-7-12-28(32(37)40)31-33(41)39(30-14-4-3-13-29(30)36-31)27-19-24-10-6-11-25(20-27)38(24)26-17-22-8-5-9-23(16-22)18-26/h3-4,7,12-15,22-27H,5-6,8-11,16-21H2,1-2H3,(H,42,43)/t22-,23+,24-,25+,26+,27+. The van der Waals surface area contributed by atoms with Gasteiger partial charge in [0.2, 0.25) is 0 Å². The molecule has 4 fully saturated rings. The van der Waals surface area contributed by atoms with Crippen LogP contribution in [-0.2, 0) is 11.3 Å². The second-order valence-electron chi connectivity index (χ2n) is 14.5. The second kappa shape index (κ2) is 11.0. The highest BCUT2D eigenvalue weighted by Gasteiger charge is 2.45. The Morgan fingerprint density at radius 3 is 2.21 bits per heavy atom. The molecule has 7 rings (SSSR count). The fourth-order valence-electron chi connectivity index (χ4n) is 9.16. The van der Waals surface area contributed by atoms with Crippen molar-refractivity contribution in [3.8, 4) is 11.3 Å². The molecule has 6 atom stereocenters. The monoisotopic (exact) mass is 584 g/mol. The lowest BCUT2D eigenvalue weighted by molar-refractivity contribution is -0.147. The van der Waals surface area contributed by atoms with Gasteiger partial charge >= 0.3 is 5.97 Å². The van der Waals surface area contributed by atoms with Gasteiger partial charge in [-0.05, 0) is 94.9 Å². The first-order valence-corrected chi connectivity index (χ1v) is 16.4. The van der Waals surface area contributed by atoms with Crippen LogP contribution in [0.25, 0.3) is 22.3 Å². The number of carbonyl (C=O) groups is 1. The smallest absolute Gasteiger partial charge is 0.310 e. The Labute approximate surface area is 252 Å². The summed E-state index contributed by atoms with van der Waals surface area (Å²) in [5, 5.41) is 9.65. The van der Waals surface area contributed by atoms with Crippen molar-refractivity contribution in [2.24, 2.45) is 17.3 Å². The van der Waals surface area contributed by atoms with Crippen molar-refractivity contribution in [2.45, 2.75) is 115 Å². The van der Waals surface area contributed by atoms with Crippen LogP contribution in [0.1, 0.15) is 90.5 Å². The molecular formula is C35H44N4O4. The number of aliphatic carboxylic acids is 1. The van der Waals surface area contributed by atoms with Crippen LogP contribution in [0.15, 0.2) is 52.2 Å². The molecule has 228 valence electrons. The van der Waals surface area contributed by atoms with Crippen LogP contribution in [0.4, 0.5) is 0 Å². The lowest BCUT2D eigenvalue weighted by Gasteiger charge is -2.55. The highest BCUT2D eigenvalue weighted by Crippen LogP contribution is 2.47. The van der Waals surface area contributed by atoms with Crippen LogP contribution < -0.4 is 11.1 Å². The van der Waals surface area contributed by atoms with Crippen molar-refractivity contribution in [1.82, 2.24) is 19.0 Å². The van der Waals surface area contributed by atoms with E-state index < -0.39 is 16.9 Å². The van der Waals surface area contributed by atoms with Gasteiger partial charge in [0.1, 0.15) is 5.69 Å². The van der Waals surface area contributed by atoms with Crippen LogP contribution >= 0.6 is 0 Å². The molecule has 43 heavy (non-hydrogen) atoms. The quantitative estimate of drug-likeness (QED) is 0.390. The molecule has 8 heteroatoms. The highest BCUT2D eigenvalue weighted by atomic mass is 16.4. The Kier molecular flexibility index (Phi) is 7.31. The number of pyridine rings is 1. The van der Waals surface area contributed by atoms with E-state index in [4.69, 9.17) is 4.98 Å². The van der Waals surface area contributed by atoms with E-state index in [1.165, 1.54) is 62.4 Å². The zero-order valence-corrected chi connectivity index (χ0v) is 25.5. The molecule has 2 aliphatic carbocycles. The van der Waals surface area contributed by atoms with Gasteiger partial charge in [0, 0.05) is 36.9 Å². The minimum absolute atomic E-state index is 0.00147. The summed E-state index contributed by atoms with van der Waals surface area (Å²) in [5.41, 5.74) is 0.141. The molecule has 1 aromatic carbocycles. The third kappa shape index (κ3) is 5.15. The van der Waals surface area contributed by atoms with Crippen LogP contribution in [0.5, 0.6) is 0 Å². The number of hydrogen-bond donors (Lipinski definition) is 1. The lowest BCUT2D eigenvalue weighted by atomic mass is 9.68. The molecule has 4 heterocycles. The zero-order valence-electron chi connectivity index (χ0n) is 25.5. The SMILES string of the molecule is CC(C)(Cn1cccc(-c2nc3ccccc3n([C@H]3C[C@H]4CCC[C@@H](C3)N4[C@H]3C[C@@H]4CCC[C@@H](C4)C3)c2=O)c1=O)C(=O)O. The Balaban J connectivity index is 1.26. The maximum absolute atomic E-state index is 14.4. The van der Waals surface area contributed by atoms with Gasteiger partial charge in [-0.25, -0.2) is 4.98 Å². The molecule has 8 nitrogen and oxygen atoms in total. The Morgan fingerprint density at radius 1 is 0.837 bits per heavy atom. The molecule has 0 amide bonds. The van der Waals surface area contributed by atoms with E-state index in [2.05, 4.69) is 4.90 Å².